The molecule has 2 rings (SSSR count). The number of nitrogens with zero attached hydrogens (tertiary/aromatic N) is 3. The van der Waals surface area contributed by atoms with Crippen molar-refractivity contribution in [2.24, 2.45) is 5.92 Å². The SMILES string of the molecule is CCc1nc(CC)n(-c2ncc(C[C@H](C)C(F)(F)F)cc2OC(F)F)c1Cl.O=C=O. The van der Waals surface area contributed by atoms with Crippen LogP contribution in [0.3, 0.4) is 0 Å². The summed E-state index contributed by atoms with van der Waals surface area (Å²) in [6.45, 7) is 1.49. The highest BCUT2D eigenvalue weighted by atomic mass is 35.5. The van der Waals surface area contributed by atoms with Crippen LogP contribution in [-0.2, 0) is 28.9 Å². The lowest BCUT2D eigenvalue weighted by Gasteiger charge is -2.17. The minimum Gasteiger partial charge on any atom is -0.431 e. The molecule has 30 heavy (non-hydrogen) atoms. The fraction of sp³-hybridized carbons (Fsp3) is 0.500. The van der Waals surface area contributed by atoms with Gasteiger partial charge in [-0.05, 0) is 24.5 Å². The summed E-state index contributed by atoms with van der Waals surface area (Å²) in [5.41, 5.74) is 0.692. The highest BCUT2D eigenvalue weighted by Gasteiger charge is 2.36. The summed E-state index contributed by atoms with van der Waals surface area (Å²) in [4.78, 5) is 24.7. The summed E-state index contributed by atoms with van der Waals surface area (Å²) < 4.78 is 70.0. The van der Waals surface area contributed by atoms with Crippen LogP contribution < -0.4 is 4.74 Å². The number of rotatable bonds is 7. The van der Waals surface area contributed by atoms with E-state index < -0.39 is 25.1 Å². The van der Waals surface area contributed by atoms with Gasteiger partial charge in [0.1, 0.15) is 11.0 Å². The summed E-state index contributed by atoms with van der Waals surface area (Å²) in [6.07, 6.45) is -2.39. The first-order valence-electron chi connectivity index (χ1n) is 8.76. The van der Waals surface area contributed by atoms with Gasteiger partial charge in [-0.3, -0.25) is 4.57 Å². The van der Waals surface area contributed by atoms with Crippen LogP contribution in [0.4, 0.5) is 22.0 Å². The van der Waals surface area contributed by atoms with Crippen molar-refractivity contribution in [3.8, 4) is 11.6 Å². The van der Waals surface area contributed by atoms with Crippen molar-refractivity contribution < 1.29 is 36.3 Å². The van der Waals surface area contributed by atoms with Gasteiger partial charge in [-0.2, -0.15) is 31.5 Å². The Morgan fingerprint density at radius 1 is 1.23 bits per heavy atom. The molecule has 12 heteroatoms. The minimum absolute atomic E-state index is 0.0345. The molecule has 0 unspecified atom stereocenters. The summed E-state index contributed by atoms with van der Waals surface area (Å²) in [5, 5.41) is 0.206. The third-order valence-electron chi connectivity index (χ3n) is 4.03. The summed E-state index contributed by atoms with van der Waals surface area (Å²) >= 11 is 6.30. The van der Waals surface area contributed by atoms with Crippen LogP contribution in [0.1, 0.15) is 37.9 Å². The van der Waals surface area contributed by atoms with E-state index in [-0.39, 0.29) is 28.4 Å². The van der Waals surface area contributed by atoms with Gasteiger partial charge in [0.25, 0.3) is 0 Å². The predicted octanol–water partition coefficient (Wildman–Crippen LogP) is 4.80. The van der Waals surface area contributed by atoms with Gasteiger partial charge in [0.2, 0.25) is 0 Å². The number of ether oxygens (including phenoxy) is 1. The molecule has 0 aromatic carbocycles. The van der Waals surface area contributed by atoms with Gasteiger partial charge >= 0.3 is 18.9 Å². The van der Waals surface area contributed by atoms with Crippen molar-refractivity contribution in [3.63, 3.8) is 0 Å². The van der Waals surface area contributed by atoms with E-state index in [4.69, 9.17) is 21.2 Å². The lowest BCUT2D eigenvalue weighted by Crippen LogP contribution is -2.22. The van der Waals surface area contributed by atoms with E-state index in [1.54, 1.807) is 0 Å². The van der Waals surface area contributed by atoms with Crippen molar-refractivity contribution >= 4 is 17.8 Å². The van der Waals surface area contributed by atoms with Gasteiger partial charge in [-0.15, -0.1) is 0 Å². The molecule has 0 amide bonds. The molecular formula is C18H19ClF5N3O3. The summed E-state index contributed by atoms with van der Waals surface area (Å²) in [5.74, 6) is -1.56. The molecule has 0 N–H and O–H groups in total. The molecule has 2 heterocycles. The van der Waals surface area contributed by atoms with Crippen molar-refractivity contribution in [1.29, 1.82) is 0 Å². The number of hydrogen-bond acceptors (Lipinski definition) is 5. The molecule has 0 spiro atoms. The summed E-state index contributed by atoms with van der Waals surface area (Å²) in [6, 6.07) is 1.14. The topological polar surface area (TPSA) is 74.1 Å². The number of carbonyl (C=O) groups excluding carboxylic acids is 2. The van der Waals surface area contributed by atoms with Crippen LogP contribution >= 0.6 is 11.6 Å². The van der Waals surface area contributed by atoms with Gasteiger partial charge in [0.05, 0.1) is 11.6 Å². The third kappa shape index (κ3) is 6.50. The number of aromatic nitrogens is 3. The molecule has 166 valence electrons. The van der Waals surface area contributed by atoms with E-state index in [1.807, 2.05) is 13.8 Å². The molecule has 0 aliphatic carbocycles. The van der Waals surface area contributed by atoms with Crippen LogP contribution in [0.25, 0.3) is 5.82 Å². The lowest BCUT2D eigenvalue weighted by molar-refractivity contribution is -0.191. The van der Waals surface area contributed by atoms with Crippen LogP contribution in [-0.4, -0.2) is 33.5 Å². The quantitative estimate of drug-likeness (QED) is 0.560. The smallest absolute Gasteiger partial charge is 0.391 e. The fourth-order valence-electron chi connectivity index (χ4n) is 2.58. The minimum atomic E-state index is -4.40. The first-order chi connectivity index (χ1) is 14.0. The second kappa shape index (κ2) is 11.0. The van der Waals surface area contributed by atoms with Crippen molar-refractivity contribution in [2.45, 2.75) is 52.8 Å². The number of hydrogen-bond donors (Lipinski definition) is 0. The Labute approximate surface area is 174 Å². The van der Waals surface area contributed by atoms with Crippen molar-refractivity contribution in [2.75, 3.05) is 0 Å². The molecule has 0 radical (unpaired) electrons. The first kappa shape index (κ1) is 25.5. The molecule has 0 fully saturated rings. The Hall–Kier alpha value is -2.52. The molecular weight excluding hydrogens is 437 g/mol. The van der Waals surface area contributed by atoms with E-state index in [0.717, 1.165) is 13.0 Å². The number of pyridine rings is 1. The Bertz CT molecular complexity index is 881. The zero-order valence-electron chi connectivity index (χ0n) is 16.3. The standard InChI is InChI=1S/C17H19ClF5N3O.CO2/c1-4-11-14(18)26(13(5-2)25-11)15-12(27-16(19)20)7-10(8-24-15)6-9(3)17(21,22)23;2-1-3/h7-9,16H,4-6H2,1-3H3;/t9-;/m0./s1. The van der Waals surface area contributed by atoms with E-state index in [1.165, 1.54) is 10.8 Å². The maximum Gasteiger partial charge on any atom is 0.391 e. The normalized spacial score (nSPS) is 12.2. The third-order valence-corrected chi connectivity index (χ3v) is 4.41. The molecule has 0 bridgehead atoms. The zero-order valence-corrected chi connectivity index (χ0v) is 17.0. The molecule has 0 saturated carbocycles. The largest absolute Gasteiger partial charge is 0.431 e. The Kier molecular flexibility index (Phi) is 9.38. The monoisotopic (exact) mass is 455 g/mol. The molecule has 0 aliphatic heterocycles. The lowest BCUT2D eigenvalue weighted by atomic mass is 10.0. The second-order valence-corrected chi connectivity index (χ2v) is 6.44. The van der Waals surface area contributed by atoms with Crippen LogP contribution in [0.2, 0.25) is 5.15 Å². The zero-order chi connectivity index (χ0) is 23.1. The fourth-order valence-corrected chi connectivity index (χ4v) is 2.93. The van der Waals surface area contributed by atoms with Gasteiger partial charge in [0, 0.05) is 12.6 Å². The number of aryl methyl sites for hydroxylation is 2. The van der Waals surface area contributed by atoms with Crippen molar-refractivity contribution in [1.82, 2.24) is 14.5 Å². The molecule has 0 saturated heterocycles. The van der Waals surface area contributed by atoms with Gasteiger partial charge in [-0.1, -0.05) is 32.4 Å². The number of imidazole rings is 1. The second-order valence-electron chi connectivity index (χ2n) is 6.08. The maximum atomic E-state index is 12.9. The Morgan fingerprint density at radius 2 is 1.83 bits per heavy atom. The first-order valence-corrected chi connectivity index (χ1v) is 9.13. The van der Waals surface area contributed by atoms with E-state index in [2.05, 4.69) is 14.7 Å². The summed E-state index contributed by atoms with van der Waals surface area (Å²) in [7, 11) is 0. The average Bonchev–Trinajstić information content (AvgIpc) is 2.97. The molecule has 2 aromatic rings. The van der Waals surface area contributed by atoms with Crippen LogP contribution in [0.15, 0.2) is 12.3 Å². The number of halogens is 6. The highest BCUT2D eigenvalue weighted by Crippen LogP contribution is 2.33. The predicted molar refractivity (Wildman–Crippen MR) is 95.7 cm³/mol. The van der Waals surface area contributed by atoms with Crippen LogP contribution in [0, 0.1) is 5.92 Å². The van der Waals surface area contributed by atoms with Crippen LogP contribution in [0.5, 0.6) is 5.75 Å². The number of alkyl halides is 5. The highest BCUT2D eigenvalue weighted by molar-refractivity contribution is 6.30. The van der Waals surface area contributed by atoms with Gasteiger partial charge in [0.15, 0.2) is 11.6 Å². The maximum absolute atomic E-state index is 12.9. The molecule has 0 aliphatic rings. The van der Waals surface area contributed by atoms with Gasteiger partial charge in [-0.25, -0.2) is 9.97 Å². The van der Waals surface area contributed by atoms with E-state index in [0.29, 0.717) is 24.4 Å². The van der Waals surface area contributed by atoms with E-state index >= 15 is 0 Å². The molecule has 1 atom stereocenters. The Morgan fingerprint density at radius 3 is 2.30 bits per heavy atom. The van der Waals surface area contributed by atoms with Crippen molar-refractivity contribution in [3.05, 3.63) is 34.5 Å². The van der Waals surface area contributed by atoms with Gasteiger partial charge < -0.3 is 4.74 Å². The average molecular weight is 456 g/mol. The molecule has 6 nitrogen and oxygen atoms in total. The van der Waals surface area contributed by atoms with E-state index in [9.17, 15) is 22.0 Å². The Balaban J connectivity index is 0.00000141. The molecule has 2 aromatic heterocycles.